The summed E-state index contributed by atoms with van der Waals surface area (Å²) in [5.74, 6) is -1.06. The molecule has 1 aliphatic rings. The molecule has 5 nitrogen and oxygen atoms in total. The zero-order chi connectivity index (χ0) is 8.43. The number of carboxylic acid groups (broad SMARTS) is 1. The molecule has 0 aromatic carbocycles. The van der Waals surface area contributed by atoms with Crippen LogP contribution in [0.15, 0.2) is 0 Å². The third-order valence-corrected chi connectivity index (χ3v) is 2.50. The van der Waals surface area contributed by atoms with Gasteiger partial charge in [0.2, 0.25) is 0 Å². The standard InChI is InChI=1S/C5H8NO4S.Cr/c7-5(8)4-2-1-3-6(4)11(9)10;/h4H,1-3H2,(H,7,8);/q-1;. The maximum atomic E-state index is 10.4. The first-order valence-corrected chi connectivity index (χ1v) is 4.25. The molecule has 1 atom stereocenters. The Labute approximate surface area is 82.6 Å². The Bertz CT molecular complexity index is 234. The molecule has 0 bridgehead atoms. The molecule has 1 fully saturated rings. The quantitative estimate of drug-likeness (QED) is 0.664. The fourth-order valence-electron chi connectivity index (χ4n) is 1.17. The van der Waals surface area contributed by atoms with Crippen LogP contribution < -0.4 is 0 Å². The average Bonchev–Trinajstić information content (AvgIpc) is 2.32. The number of aliphatic carboxylic acids is 1. The molecular weight excluding hydrogens is 222 g/mol. The van der Waals surface area contributed by atoms with Crippen molar-refractivity contribution >= 4 is 16.9 Å². The molecule has 1 heterocycles. The van der Waals surface area contributed by atoms with E-state index in [1.807, 2.05) is 0 Å². The number of carbonyl (C=O) groups is 1. The summed E-state index contributed by atoms with van der Waals surface area (Å²) in [5, 5.41) is 8.52. The fourth-order valence-corrected chi connectivity index (χ4v) is 1.85. The summed E-state index contributed by atoms with van der Waals surface area (Å²) in [7, 11) is -2.39. The van der Waals surface area contributed by atoms with Gasteiger partial charge in [-0.15, -0.1) is 0 Å². The molecule has 1 saturated heterocycles. The van der Waals surface area contributed by atoms with Crippen LogP contribution in [0.1, 0.15) is 12.8 Å². The molecule has 70 valence electrons. The average molecular weight is 230 g/mol. The molecule has 1 aliphatic heterocycles. The van der Waals surface area contributed by atoms with Crippen molar-refractivity contribution in [2.75, 3.05) is 6.54 Å². The van der Waals surface area contributed by atoms with Crippen molar-refractivity contribution in [3.8, 4) is 0 Å². The molecule has 0 saturated carbocycles. The molecule has 0 spiro atoms. The second-order valence-electron chi connectivity index (χ2n) is 2.35. The number of hydrogen-bond acceptors (Lipinski definition) is 4. The van der Waals surface area contributed by atoms with Crippen LogP contribution in [0, 0.1) is 0 Å². The summed E-state index contributed by atoms with van der Waals surface area (Å²) in [4.78, 5) is 10.4. The summed E-state index contributed by atoms with van der Waals surface area (Å²) >= 11 is 0. The van der Waals surface area contributed by atoms with Gasteiger partial charge in [0.15, 0.2) is 0 Å². The van der Waals surface area contributed by atoms with Crippen molar-refractivity contribution in [1.82, 2.24) is 4.31 Å². The van der Waals surface area contributed by atoms with Crippen LogP contribution in [-0.2, 0) is 41.5 Å². The smallest absolute Gasteiger partial charge is 0.319 e. The Hall–Kier alpha value is -0.0875. The largest absolute Gasteiger partial charge is 0.480 e. The monoisotopic (exact) mass is 230 g/mol. The number of rotatable bonds is 2. The van der Waals surface area contributed by atoms with E-state index in [1.165, 1.54) is 0 Å². The Kier molecular flexibility index (Phi) is 4.79. The minimum Gasteiger partial charge on any atom is -0.480 e. The van der Waals surface area contributed by atoms with Crippen LogP contribution in [-0.4, -0.2) is 28.0 Å². The predicted octanol–water partition coefficient (Wildman–Crippen LogP) is -0.243. The molecule has 1 N–H and O–H groups in total. The van der Waals surface area contributed by atoms with Crippen molar-refractivity contribution in [3.63, 3.8) is 0 Å². The summed E-state index contributed by atoms with van der Waals surface area (Å²) in [6.07, 6.45) is 1.05. The van der Waals surface area contributed by atoms with Crippen LogP contribution in [0.25, 0.3) is 0 Å². The van der Waals surface area contributed by atoms with Crippen LogP contribution >= 0.6 is 0 Å². The van der Waals surface area contributed by atoms with Crippen molar-refractivity contribution in [2.45, 2.75) is 18.9 Å². The van der Waals surface area contributed by atoms with E-state index in [1.54, 1.807) is 0 Å². The SMILES string of the molecule is O=C(O)C1CCCN1[S-](=O)=O.[Cr]. The van der Waals surface area contributed by atoms with Gasteiger partial charge in [-0.3, -0.25) is 4.79 Å². The number of hydrogen-bond donors (Lipinski definition) is 1. The number of carboxylic acids is 1. The third kappa shape index (κ3) is 2.45. The van der Waals surface area contributed by atoms with Crippen molar-refractivity contribution in [2.24, 2.45) is 0 Å². The van der Waals surface area contributed by atoms with Gasteiger partial charge in [-0.1, -0.05) is 0 Å². The first-order chi connectivity index (χ1) is 5.13. The van der Waals surface area contributed by atoms with Gasteiger partial charge in [0.25, 0.3) is 0 Å². The molecule has 0 aromatic heterocycles. The second kappa shape index (κ2) is 4.82. The molecule has 0 aromatic rings. The zero-order valence-electron chi connectivity index (χ0n) is 6.13. The van der Waals surface area contributed by atoms with Gasteiger partial charge in [-0.2, -0.15) is 0 Å². The van der Waals surface area contributed by atoms with E-state index in [4.69, 9.17) is 5.11 Å². The van der Waals surface area contributed by atoms with E-state index >= 15 is 0 Å². The second-order valence-corrected chi connectivity index (χ2v) is 3.26. The zero-order valence-corrected chi connectivity index (χ0v) is 8.23. The van der Waals surface area contributed by atoms with Crippen LogP contribution in [0.4, 0.5) is 0 Å². The van der Waals surface area contributed by atoms with Crippen molar-refractivity contribution in [3.05, 3.63) is 0 Å². The molecule has 1 unspecified atom stereocenters. The van der Waals surface area contributed by atoms with Gasteiger partial charge >= 0.3 is 5.97 Å². The van der Waals surface area contributed by atoms with Gasteiger partial charge in [0, 0.05) is 17.4 Å². The molecule has 7 heteroatoms. The maximum Gasteiger partial charge on any atom is 0.319 e. The normalized spacial score (nSPS) is 23.9. The molecule has 0 aliphatic carbocycles. The first-order valence-electron chi connectivity index (χ1n) is 3.21. The van der Waals surface area contributed by atoms with Crippen molar-refractivity contribution < 1.29 is 35.7 Å². The predicted molar refractivity (Wildman–Crippen MR) is 36.1 cm³/mol. The summed E-state index contributed by atoms with van der Waals surface area (Å²) < 4.78 is 21.7. The van der Waals surface area contributed by atoms with Gasteiger partial charge < -0.3 is 17.8 Å². The Balaban J connectivity index is 0.00000121. The van der Waals surface area contributed by atoms with Gasteiger partial charge in [-0.05, 0) is 30.3 Å². The fraction of sp³-hybridized carbons (Fsp3) is 0.800. The van der Waals surface area contributed by atoms with E-state index in [0.717, 1.165) is 4.31 Å². The summed E-state index contributed by atoms with van der Waals surface area (Å²) in [6, 6.07) is -0.840. The van der Waals surface area contributed by atoms with E-state index in [-0.39, 0.29) is 17.4 Å². The molecule has 0 radical (unpaired) electrons. The Morgan fingerprint density at radius 1 is 1.50 bits per heavy atom. The third-order valence-electron chi connectivity index (χ3n) is 1.68. The topological polar surface area (TPSA) is 74.7 Å². The van der Waals surface area contributed by atoms with Gasteiger partial charge in [0.05, 0.1) is 6.04 Å². The van der Waals surface area contributed by atoms with Crippen LogP contribution in [0.5, 0.6) is 0 Å². The summed E-state index contributed by atoms with van der Waals surface area (Å²) in [5.41, 5.74) is 0. The Morgan fingerprint density at radius 3 is 2.42 bits per heavy atom. The van der Waals surface area contributed by atoms with Crippen LogP contribution in [0.3, 0.4) is 0 Å². The number of nitrogens with zero attached hydrogens (tertiary/aromatic N) is 1. The molecule has 12 heavy (non-hydrogen) atoms. The first kappa shape index (κ1) is 11.9. The minimum atomic E-state index is -2.39. The molecular formula is C5H8CrNO4S-. The van der Waals surface area contributed by atoms with E-state index in [9.17, 15) is 13.2 Å². The molecule has 1 rings (SSSR count). The summed E-state index contributed by atoms with van der Waals surface area (Å²) in [6.45, 7) is 0.326. The maximum absolute atomic E-state index is 10.4. The Morgan fingerprint density at radius 2 is 2.08 bits per heavy atom. The van der Waals surface area contributed by atoms with Crippen molar-refractivity contribution in [1.29, 1.82) is 0 Å². The van der Waals surface area contributed by atoms with Gasteiger partial charge in [-0.25, -0.2) is 0 Å². The minimum absolute atomic E-state index is 0. The van der Waals surface area contributed by atoms with E-state index < -0.39 is 22.9 Å². The van der Waals surface area contributed by atoms with E-state index in [0.29, 0.717) is 19.4 Å². The molecule has 0 amide bonds. The van der Waals surface area contributed by atoms with Gasteiger partial charge in [0.1, 0.15) is 0 Å². The van der Waals surface area contributed by atoms with E-state index in [2.05, 4.69) is 0 Å². The van der Waals surface area contributed by atoms with Crippen LogP contribution in [0.2, 0.25) is 0 Å².